The standard InChI is InChI=1S/C12H19N3O3/c1-4-8(5-2)11(16)14-10(12(17)18)9-6-13-15(3)7-9/h6-8,10H,4-5H2,1-3H3,(H,14,16)(H,17,18). The van der Waals surface area contributed by atoms with Crippen LogP contribution in [0.3, 0.4) is 0 Å². The second-order valence-corrected chi connectivity index (χ2v) is 4.24. The molecule has 1 heterocycles. The van der Waals surface area contributed by atoms with Crippen LogP contribution in [0.2, 0.25) is 0 Å². The van der Waals surface area contributed by atoms with Gasteiger partial charge in [0.2, 0.25) is 5.91 Å². The van der Waals surface area contributed by atoms with Crippen molar-refractivity contribution in [1.82, 2.24) is 15.1 Å². The van der Waals surface area contributed by atoms with E-state index >= 15 is 0 Å². The molecule has 100 valence electrons. The van der Waals surface area contributed by atoms with Crippen LogP contribution in [0.1, 0.15) is 38.3 Å². The summed E-state index contributed by atoms with van der Waals surface area (Å²) in [6.07, 6.45) is 4.43. The Bertz CT molecular complexity index is 424. The van der Waals surface area contributed by atoms with Gasteiger partial charge >= 0.3 is 5.97 Å². The molecule has 2 N–H and O–H groups in total. The molecule has 0 saturated heterocycles. The summed E-state index contributed by atoms with van der Waals surface area (Å²) in [5, 5.41) is 15.6. The number of aliphatic carboxylic acids is 1. The number of amides is 1. The SMILES string of the molecule is CCC(CC)C(=O)NC(C(=O)O)c1cnn(C)c1. The number of carboxylic acids is 1. The summed E-state index contributed by atoms with van der Waals surface area (Å²) in [4.78, 5) is 23.1. The Balaban J connectivity index is 2.82. The number of rotatable bonds is 6. The molecule has 0 aliphatic heterocycles. The van der Waals surface area contributed by atoms with E-state index in [-0.39, 0.29) is 11.8 Å². The Kier molecular flexibility index (Phi) is 4.88. The van der Waals surface area contributed by atoms with Crippen LogP contribution in [0.15, 0.2) is 12.4 Å². The zero-order valence-corrected chi connectivity index (χ0v) is 10.9. The molecule has 6 heteroatoms. The normalized spacial score (nSPS) is 12.4. The molecule has 1 amide bonds. The minimum atomic E-state index is -1.08. The smallest absolute Gasteiger partial charge is 0.331 e. The fraction of sp³-hybridized carbons (Fsp3) is 0.583. The first-order valence-electron chi connectivity index (χ1n) is 6.01. The maximum atomic E-state index is 11.9. The fourth-order valence-electron chi connectivity index (χ4n) is 1.80. The molecular weight excluding hydrogens is 234 g/mol. The third-order valence-corrected chi connectivity index (χ3v) is 2.95. The minimum absolute atomic E-state index is 0.150. The van der Waals surface area contributed by atoms with Gasteiger partial charge in [-0.1, -0.05) is 13.8 Å². The highest BCUT2D eigenvalue weighted by molar-refractivity contribution is 5.85. The third-order valence-electron chi connectivity index (χ3n) is 2.95. The van der Waals surface area contributed by atoms with Crippen molar-refractivity contribution >= 4 is 11.9 Å². The predicted molar refractivity (Wildman–Crippen MR) is 65.8 cm³/mol. The van der Waals surface area contributed by atoms with Gasteiger partial charge in [-0.2, -0.15) is 5.10 Å². The van der Waals surface area contributed by atoms with Gasteiger partial charge in [-0.05, 0) is 12.8 Å². The number of aromatic nitrogens is 2. The van der Waals surface area contributed by atoms with Crippen LogP contribution in [0.25, 0.3) is 0 Å². The molecule has 0 bridgehead atoms. The topological polar surface area (TPSA) is 84.2 Å². The Hall–Kier alpha value is -1.85. The third kappa shape index (κ3) is 3.32. The van der Waals surface area contributed by atoms with E-state index in [1.807, 2.05) is 13.8 Å². The van der Waals surface area contributed by atoms with Gasteiger partial charge in [-0.15, -0.1) is 0 Å². The summed E-state index contributed by atoms with van der Waals surface area (Å²) in [5.41, 5.74) is 0.476. The molecule has 1 unspecified atom stereocenters. The molecule has 1 aromatic heterocycles. The number of hydrogen-bond donors (Lipinski definition) is 2. The quantitative estimate of drug-likeness (QED) is 0.795. The van der Waals surface area contributed by atoms with Crippen molar-refractivity contribution in [3.05, 3.63) is 18.0 Å². The predicted octanol–water partition coefficient (Wildman–Crippen LogP) is 1.10. The van der Waals surface area contributed by atoms with E-state index in [1.165, 1.54) is 10.9 Å². The van der Waals surface area contributed by atoms with Crippen molar-refractivity contribution in [3.63, 3.8) is 0 Å². The summed E-state index contributed by atoms with van der Waals surface area (Å²) in [6, 6.07) is -1.04. The Labute approximate surface area is 106 Å². The summed E-state index contributed by atoms with van der Waals surface area (Å²) in [7, 11) is 1.70. The van der Waals surface area contributed by atoms with Crippen LogP contribution in [0, 0.1) is 5.92 Å². The summed E-state index contributed by atoms with van der Waals surface area (Å²) in [5.74, 6) is -1.46. The van der Waals surface area contributed by atoms with Crippen molar-refractivity contribution in [1.29, 1.82) is 0 Å². The van der Waals surface area contributed by atoms with E-state index in [0.29, 0.717) is 18.4 Å². The highest BCUT2D eigenvalue weighted by atomic mass is 16.4. The minimum Gasteiger partial charge on any atom is -0.479 e. The number of carboxylic acid groups (broad SMARTS) is 1. The van der Waals surface area contributed by atoms with Crippen LogP contribution < -0.4 is 5.32 Å². The lowest BCUT2D eigenvalue weighted by Gasteiger charge is -2.17. The van der Waals surface area contributed by atoms with Gasteiger partial charge in [-0.25, -0.2) is 4.79 Å². The van der Waals surface area contributed by atoms with E-state index < -0.39 is 12.0 Å². The number of nitrogens with one attached hydrogen (secondary N) is 1. The Morgan fingerprint density at radius 1 is 1.44 bits per heavy atom. The van der Waals surface area contributed by atoms with Crippen molar-refractivity contribution in [3.8, 4) is 0 Å². The van der Waals surface area contributed by atoms with E-state index in [2.05, 4.69) is 10.4 Å². The van der Waals surface area contributed by atoms with E-state index in [1.54, 1.807) is 13.2 Å². The monoisotopic (exact) mass is 253 g/mol. The van der Waals surface area contributed by atoms with E-state index in [9.17, 15) is 9.59 Å². The second-order valence-electron chi connectivity index (χ2n) is 4.24. The molecule has 0 saturated carbocycles. The molecule has 0 aromatic carbocycles. The van der Waals surface area contributed by atoms with Crippen LogP contribution in [-0.4, -0.2) is 26.8 Å². The van der Waals surface area contributed by atoms with Gasteiger partial charge in [-0.3, -0.25) is 9.48 Å². The molecular formula is C12H19N3O3. The van der Waals surface area contributed by atoms with Crippen molar-refractivity contribution in [2.45, 2.75) is 32.7 Å². The molecule has 0 fully saturated rings. The van der Waals surface area contributed by atoms with E-state index in [0.717, 1.165) is 0 Å². The lowest BCUT2D eigenvalue weighted by molar-refractivity contribution is -0.142. The largest absolute Gasteiger partial charge is 0.479 e. The van der Waals surface area contributed by atoms with Gasteiger partial charge in [0.25, 0.3) is 0 Å². The van der Waals surface area contributed by atoms with Crippen molar-refractivity contribution in [2.24, 2.45) is 13.0 Å². The summed E-state index contributed by atoms with van der Waals surface area (Å²) < 4.78 is 1.51. The van der Waals surface area contributed by atoms with Gasteiger partial charge in [0.15, 0.2) is 6.04 Å². The first-order chi connectivity index (χ1) is 8.49. The molecule has 1 aromatic rings. The Morgan fingerprint density at radius 3 is 2.44 bits per heavy atom. The first-order valence-corrected chi connectivity index (χ1v) is 6.01. The van der Waals surface area contributed by atoms with Crippen LogP contribution in [-0.2, 0) is 16.6 Å². The molecule has 0 aliphatic rings. The molecule has 6 nitrogen and oxygen atoms in total. The number of nitrogens with zero attached hydrogens (tertiary/aromatic N) is 2. The van der Waals surface area contributed by atoms with Crippen LogP contribution in [0.4, 0.5) is 0 Å². The number of aryl methyl sites for hydroxylation is 1. The van der Waals surface area contributed by atoms with Crippen molar-refractivity contribution in [2.75, 3.05) is 0 Å². The van der Waals surface area contributed by atoms with Gasteiger partial charge in [0.1, 0.15) is 0 Å². The fourth-order valence-corrected chi connectivity index (χ4v) is 1.80. The highest BCUT2D eigenvalue weighted by Crippen LogP contribution is 2.15. The molecule has 1 rings (SSSR count). The van der Waals surface area contributed by atoms with Gasteiger partial charge in [0.05, 0.1) is 6.20 Å². The lowest BCUT2D eigenvalue weighted by Crippen LogP contribution is -2.37. The second kappa shape index (κ2) is 6.18. The molecule has 1 atom stereocenters. The maximum Gasteiger partial charge on any atom is 0.331 e. The van der Waals surface area contributed by atoms with Crippen LogP contribution >= 0.6 is 0 Å². The van der Waals surface area contributed by atoms with Crippen LogP contribution in [0.5, 0.6) is 0 Å². The van der Waals surface area contributed by atoms with Gasteiger partial charge in [0, 0.05) is 24.7 Å². The number of hydrogen-bond acceptors (Lipinski definition) is 3. The molecule has 0 radical (unpaired) electrons. The average Bonchev–Trinajstić information content (AvgIpc) is 2.73. The maximum absolute atomic E-state index is 11.9. The number of carbonyl (C=O) groups is 2. The zero-order chi connectivity index (χ0) is 13.7. The summed E-state index contributed by atoms with van der Waals surface area (Å²) in [6.45, 7) is 3.82. The number of carbonyl (C=O) groups excluding carboxylic acids is 1. The molecule has 0 aliphatic carbocycles. The molecule has 0 spiro atoms. The van der Waals surface area contributed by atoms with Gasteiger partial charge < -0.3 is 10.4 Å². The van der Waals surface area contributed by atoms with Crippen molar-refractivity contribution < 1.29 is 14.7 Å². The summed E-state index contributed by atoms with van der Waals surface area (Å²) >= 11 is 0. The zero-order valence-electron chi connectivity index (χ0n) is 10.9. The van der Waals surface area contributed by atoms with E-state index in [4.69, 9.17) is 5.11 Å². The Morgan fingerprint density at radius 2 is 2.06 bits per heavy atom. The lowest BCUT2D eigenvalue weighted by atomic mass is 10.0. The average molecular weight is 253 g/mol. The first kappa shape index (κ1) is 14.2. The highest BCUT2D eigenvalue weighted by Gasteiger charge is 2.25. The molecule has 18 heavy (non-hydrogen) atoms.